The van der Waals surface area contributed by atoms with E-state index in [2.05, 4.69) is 19.9 Å². The molecule has 3 heterocycles. The standard InChI is InChI=1S/C16H15FN4S/c17-13-5-1-4-12-14(13)19-10-20-15(12)21-7-2-3-11(9-21)16-18-6-8-22-16/h1,4-6,8,10-11H,2-3,7,9H2. The molecule has 4 nitrogen and oxygen atoms in total. The highest BCUT2D eigenvalue weighted by atomic mass is 32.1. The number of halogens is 1. The van der Waals surface area contributed by atoms with Crippen LogP contribution in [-0.2, 0) is 0 Å². The quantitative estimate of drug-likeness (QED) is 0.724. The molecule has 1 aromatic carbocycles. The molecule has 0 amide bonds. The van der Waals surface area contributed by atoms with Gasteiger partial charge in [0.05, 0.1) is 5.01 Å². The van der Waals surface area contributed by atoms with Gasteiger partial charge in [-0.15, -0.1) is 11.3 Å². The van der Waals surface area contributed by atoms with Crippen LogP contribution in [0.25, 0.3) is 10.9 Å². The molecule has 0 aliphatic carbocycles. The average molecular weight is 314 g/mol. The number of hydrogen-bond donors (Lipinski definition) is 0. The second kappa shape index (κ2) is 5.61. The molecular formula is C16H15FN4S. The zero-order valence-electron chi connectivity index (χ0n) is 11.9. The summed E-state index contributed by atoms with van der Waals surface area (Å²) in [5.41, 5.74) is 0.392. The van der Waals surface area contributed by atoms with Gasteiger partial charge in [-0.2, -0.15) is 0 Å². The smallest absolute Gasteiger partial charge is 0.149 e. The van der Waals surface area contributed by atoms with Crippen LogP contribution in [0.2, 0.25) is 0 Å². The van der Waals surface area contributed by atoms with Crippen LogP contribution in [0.15, 0.2) is 36.1 Å². The summed E-state index contributed by atoms with van der Waals surface area (Å²) >= 11 is 1.70. The number of nitrogens with zero attached hydrogens (tertiary/aromatic N) is 4. The van der Waals surface area contributed by atoms with Gasteiger partial charge in [0.15, 0.2) is 0 Å². The molecule has 2 aromatic heterocycles. The van der Waals surface area contributed by atoms with Crippen molar-refractivity contribution in [2.75, 3.05) is 18.0 Å². The van der Waals surface area contributed by atoms with E-state index in [9.17, 15) is 4.39 Å². The highest BCUT2D eigenvalue weighted by molar-refractivity contribution is 7.09. The van der Waals surface area contributed by atoms with E-state index in [1.165, 1.54) is 17.4 Å². The van der Waals surface area contributed by atoms with Crippen LogP contribution in [-0.4, -0.2) is 28.0 Å². The number of rotatable bonds is 2. The number of thiazole rings is 1. The highest BCUT2D eigenvalue weighted by Gasteiger charge is 2.25. The molecule has 1 aliphatic rings. The maximum Gasteiger partial charge on any atom is 0.149 e. The Morgan fingerprint density at radius 2 is 2.18 bits per heavy atom. The highest BCUT2D eigenvalue weighted by Crippen LogP contribution is 2.32. The largest absolute Gasteiger partial charge is 0.355 e. The van der Waals surface area contributed by atoms with Gasteiger partial charge in [-0.1, -0.05) is 6.07 Å². The summed E-state index contributed by atoms with van der Waals surface area (Å²) in [4.78, 5) is 15.2. The molecule has 4 rings (SSSR count). The molecule has 1 aliphatic heterocycles. The van der Waals surface area contributed by atoms with Crippen LogP contribution in [0.4, 0.5) is 10.2 Å². The van der Waals surface area contributed by atoms with E-state index < -0.39 is 0 Å². The third-order valence-electron chi connectivity index (χ3n) is 4.12. The summed E-state index contributed by atoms with van der Waals surface area (Å²) in [5.74, 6) is 0.952. The minimum absolute atomic E-state index is 0.297. The number of hydrogen-bond acceptors (Lipinski definition) is 5. The van der Waals surface area contributed by atoms with E-state index in [4.69, 9.17) is 0 Å². The lowest BCUT2D eigenvalue weighted by atomic mass is 9.98. The Hall–Kier alpha value is -2.08. The molecule has 1 unspecified atom stereocenters. The van der Waals surface area contributed by atoms with Crippen LogP contribution in [0.1, 0.15) is 23.8 Å². The summed E-state index contributed by atoms with van der Waals surface area (Å²) < 4.78 is 13.9. The monoisotopic (exact) mass is 314 g/mol. The summed E-state index contributed by atoms with van der Waals surface area (Å²) in [6.07, 6.45) is 5.54. The van der Waals surface area contributed by atoms with Gasteiger partial charge < -0.3 is 4.90 Å². The van der Waals surface area contributed by atoms with E-state index in [0.717, 1.165) is 37.1 Å². The molecule has 0 radical (unpaired) electrons. The van der Waals surface area contributed by atoms with Gasteiger partial charge in [0.1, 0.15) is 23.5 Å². The van der Waals surface area contributed by atoms with Gasteiger partial charge in [0, 0.05) is 36.0 Å². The fraction of sp³-hybridized carbons (Fsp3) is 0.312. The first-order valence-electron chi connectivity index (χ1n) is 7.36. The minimum Gasteiger partial charge on any atom is -0.355 e. The third kappa shape index (κ3) is 2.33. The molecule has 6 heteroatoms. The predicted molar refractivity (Wildman–Crippen MR) is 85.8 cm³/mol. The minimum atomic E-state index is -0.297. The number of fused-ring (bicyclic) bond motifs is 1. The van der Waals surface area contributed by atoms with Gasteiger partial charge in [0.25, 0.3) is 0 Å². The second-order valence-corrected chi connectivity index (χ2v) is 6.41. The Morgan fingerprint density at radius 1 is 1.23 bits per heavy atom. The first-order chi connectivity index (χ1) is 10.8. The molecule has 1 atom stereocenters. The summed E-state index contributed by atoms with van der Waals surface area (Å²) in [5, 5.41) is 3.97. The van der Waals surface area contributed by atoms with E-state index in [1.807, 2.05) is 17.6 Å². The van der Waals surface area contributed by atoms with Crippen LogP contribution in [0, 0.1) is 5.82 Å². The van der Waals surface area contributed by atoms with Crippen LogP contribution >= 0.6 is 11.3 Å². The SMILES string of the molecule is Fc1cccc2c(N3CCCC(c4nccs4)C3)ncnc12. The zero-order chi connectivity index (χ0) is 14.9. The number of benzene rings is 1. The van der Waals surface area contributed by atoms with E-state index in [0.29, 0.717) is 11.4 Å². The molecule has 112 valence electrons. The van der Waals surface area contributed by atoms with Crippen molar-refractivity contribution < 1.29 is 4.39 Å². The molecule has 1 saturated heterocycles. The number of anilines is 1. The van der Waals surface area contributed by atoms with Crippen molar-refractivity contribution in [1.29, 1.82) is 0 Å². The van der Waals surface area contributed by atoms with Gasteiger partial charge in [-0.3, -0.25) is 0 Å². The lowest BCUT2D eigenvalue weighted by molar-refractivity contribution is 0.506. The third-order valence-corrected chi connectivity index (χ3v) is 5.05. The van der Waals surface area contributed by atoms with Crippen LogP contribution < -0.4 is 4.90 Å². The molecule has 0 bridgehead atoms. The molecular weight excluding hydrogens is 299 g/mol. The average Bonchev–Trinajstić information content (AvgIpc) is 3.09. The maximum absolute atomic E-state index is 13.9. The topological polar surface area (TPSA) is 41.9 Å². The predicted octanol–water partition coefficient (Wildman–Crippen LogP) is 3.61. The lowest BCUT2D eigenvalue weighted by Gasteiger charge is -2.33. The normalized spacial score (nSPS) is 18.8. The van der Waals surface area contributed by atoms with Gasteiger partial charge in [0.2, 0.25) is 0 Å². The molecule has 0 spiro atoms. The molecule has 3 aromatic rings. The van der Waals surface area contributed by atoms with Crippen molar-refractivity contribution in [2.45, 2.75) is 18.8 Å². The Kier molecular flexibility index (Phi) is 3.46. The van der Waals surface area contributed by atoms with Crippen molar-refractivity contribution in [2.24, 2.45) is 0 Å². The molecule has 1 fully saturated rings. The summed E-state index contributed by atoms with van der Waals surface area (Å²) in [6, 6.07) is 5.04. The maximum atomic E-state index is 13.9. The van der Waals surface area contributed by atoms with Crippen molar-refractivity contribution in [3.8, 4) is 0 Å². The lowest BCUT2D eigenvalue weighted by Crippen LogP contribution is -2.35. The van der Waals surface area contributed by atoms with E-state index >= 15 is 0 Å². The Balaban J connectivity index is 1.71. The van der Waals surface area contributed by atoms with Gasteiger partial charge in [-0.25, -0.2) is 19.3 Å². The molecule has 0 N–H and O–H groups in total. The fourth-order valence-corrected chi connectivity index (χ4v) is 3.86. The summed E-state index contributed by atoms with van der Waals surface area (Å²) in [7, 11) is 0. The zero-order valence-corrected chi connectivity index (χ0v) is 12.8. The number of aromatic nitrogens is 3. The Bertz CT molecular complexity index is 790. The van der Waals surface area contributed by atoms with Crippen molar-refractivity contribution >= 4 is 28.1 Å². The van der Waals surface area contributed by atoms with Crippen molar-refractivity contribution in [3.63, 3.8) is 0 Å². The molecule has 22 heavy (non-hydrogen) atoms. The van der Waals surface area contributed by atoms with Crippen molar-refractivity contribution in [1.82, 2.24) is 15.0 Å². The Morgan fingerprint density at radius 3 is 3.05 bits per heavy atom. The van der Waals surface area contributed by atoms with E-state index in [-0.39, 0.29) is 5.82 Å². The second-order valence-electron chi connectivity index (χ2n) is 5.49. The van der Waals surface area contributed by atoms with E-state index in [1.54, 1.807) is 17.4 Å². The Labute approximate surface area is 131 Å². The fourth-order valence-electron chi connectivity index (χ4n) is 3.10. The first-order valence-corrected chi connectivity index (χ1v) is 8.24. The van der Waals surface area contributed by atoms with Crippen LogP contribution in [0.3, 0.4) is 0 Å². The summed E-state index contributed by atoms with van der Waals surface area (Å²) in [6.45, 7) is 1.81. The first kappa shape index (κ1) is 13.6. The van der Waals surface area contributed by atoms with Gasteiger partial charge in [-0.05, 0) is 25.0 Å². The molecule has 0 saturated carbocycles. The number of piperidine rings is 1. The van der Waals surface area contributed by atoms with Crippen molar-refractivity contribution in [3.05, 3.63) is 46.9 Å². The number of para-hydroxylation sites is 1. The van der Waals surface area contributed by atoms with Gasteiger partial charge >= 0.3 is 0 Å². The van der Waals surface area contributed by atoms with Crippen LogP contribution in [0.5, 0.6) is 0 Å².